The Labute approximate surface area is 182 Å². The second kappa shape index (κ2) is 7.96. The first-order valence-corrected chi connectivity index (χ1v) is 9.69. The van der Waals surface area contributed by atoms with Crippen LogP contribution in [0.2, 0.25) is 0 Å². The maximum absolute atomic E-state index is 14.6. The van der Waals surface area contributed by atoms with Gasteiger partial charge in [-0.15, -0.1) is 0 Å². The Morgan fingerprint density at radius 2 is 1.88 bits per heavy atom. The van der Waals surface area contributed by atoms with Crippen molar-refractivity contribution in [2.24, 2.45) is 0 Å². The minimum absolute atomic E-state index is 0.123. The average Bonchev–Trinajstić information content (AvgIpc) is 3.35. The fraction of sp³-hybridized carbons (Fsp3) is 0.167. The van der Waals surface area contributed by atoms with Crippen molar-refractivity contribution < 1.29 is 32.6 Å². The van der Waals surface area contributed by atoms with Gasteiger partial charge in [-0.05, 0) is 55.3 Å². The van der Waals surface area contributed by atoms with Gasteiger partial charge < -0.3 is 14.3 Å². The largest absolute Gasteiger partial charge is 0.507 e. The van der Waals surface area contributed by atoms with Gasteiger partial charge in [0.1, 0.15) is 34.9 Å². The van der Waals surface area contributed by atoms with Crippen LogP contribution in [0, 0.1) is 25.5 Å². The Balaban J connectivity index is 2.00. The number of hydrogen-bond acceptors (Lipinski definition) is 5. The molecule has 8 heteroatoms. The van der Waals surface area contributed by atoms with Gasteiger partial charge in [0.05, 0.1) is 30.2 Å². The molecule has 1 aliphatic heterocycles. The van der Waals surface area contributed by atoms with E-state index in [1.807, 2.05) is 6.07 Å². The van der Waals surface area contributed by atoms with Gasteiger partial charge in [0.25, 0.3) is 11.7 Å². The average molecular weight is 439 g/mol. The van der Waals surface area contributed by atoms with E-state index in [1.54, 1.807) is 19.9 Å². The van der Waals surface area contributed by atoms with Gasteiger partial charge in [-0.1, -0.05) is 6.07 Å². The van der Waals surface area contributed by atoms with E-state index in [0.717, 1.165) is 22.6 Å². The van der Waals surface area contributed by atoms with Crippen molar-refractivity contribution in [3.05, 3.63) is 88.4 Å². The Bertz CT molecular complexity index is 1260. The molecule has 6 nitrogen and oxygen atoms in total. The number of aryl methyl sites for hydroxylation is 2. The van der Waals surface area contributed by atoms with E-state index in [4.69, 9.17) is 9.15 Å². The van der Waals surface area contributed by atoms with Crippen molar-refractivity contribution in [1.82, 2.24) is 0 Å². The van der Waals surface area contributed by atoms with Crippen LogP contribution >= 0.6 is 0 Å². The smallest absolute Gasteiger partial charge is 0.300 e. The molecular weight excluding hydrogens is 420 g/mol. The molecule has 1 unspecified atom stereocenters. The topological polar surface area (TPSA) is 80.0 Å². The first-order valence-electron chi connectivity index (χ1n) is 9.69. The number of carbonyl (C=O) groups is 2. The van der Waals surface area contributed by atoms with Crippen LogP contribution in [0.4, 0.5) is 14.5 Å². The summed E-state index contributed by atoms with van der Waals surface area (Å²) in [4.78, 5) is 26.9. The van der Waals surface area contributed by atoms with Crippen molar-refractivity contribution in [2.75, 3.05) is 12.0 Å². The number of aliphatic hydroxyl groups excluding tert-OH is 1. The maximum atomic E-state index is 14.6. The summed E-state index contributed by atoms with van der Waals surface area (Å²) in [6.07, 6.45) is 1.33. The summed E-state index contributed by atoms with van der Waals surface area (Å²) in [5, 5.41) is 11.2. The number of ketones is 1. The van der Waals surface area contributed by atoms with Gasteiger partial charge in [-0.3, -0.25) is 14.5 Å². The quantitative estimate of drug-likeness (QED) is 0.359. The lowest BCUT2D eigenvalue weighted by Gasteiger charge is -2.24. The van der Waals surface area contributed by atoms with Crippen molar-refractivity contribution in [3.63, 3.8) is 0 Å². The van der Waals surface area contributed by atoms with E-state index >= 15 is 0 Å². The fourth-order valence-corrected chi connectivity index (χ4v) is 4.02. The lowest BCUT2D eigenvalue weighted by molar-refractivity contribution is -0.132. The number of halogens is 2. The Morgan fingerprint density at radius 3 is 2.50 bits per heavy atom. The lowest BCUT2D eigenvalue weighted by Crippen LogP contribution is -2.30. The molecular formula is C24H19F2NO5. The molecule has 0 aliphatic carbocycles. The Kier molecular flexibility index (Phi) is 5.30. The summed E-state index contributed by atoms with van der Waals surface area (Å²) in [7, 11) is 1.42. The van der Waals surface area contributed by atoms with E-state index in [2.05, 4.69) is 0 Å². The molecule has 0 saturated carbocycles. The summed E-state index contributed by atoms with van der Waals surface area (Å²) in [5.41, 5.74) is 1.10. The van der Waals surface area contributed by atoms with Crippen molar-refractivity contribution >= 4 is 23.1 Å². The zero-order chi connectivity index (χ0) is 23.2. The highest BCUT2D eigenvalue weighted by Gasteiger charge is 2.49. The Hall–Kier alpha value is -3.94. The summed E-state index contributed by atoms with van der Waals surface area (Å²) in [6, 6.07) is 7.87. The van der Waals surface area contributed by atoms with Crippen LogP contribution in [0.5, 0.6) is 5.75 Å². The van der Waals surface area contributed by atoms with E-state index < -0.39 is 35.1 Å². The number of rotatable bonds is 4. The second-order valence-corrected chi connectivity index (χ2v) is 7.44. The van der Waals surface area contributed by atoms with Gasteiger partial charge in [0.15, 0.2) is 0 Å². The van der Waals surface area contributed by atoms with Crippen molar-refractivity contribution in [1.29, 1.82) is 0 Å². The van der Waals surface area contributed by atoms with Crippen LogP contribution in [-0.2, 0) is 9.59 Å². The highest BCUT2D eigenvalue weighted by molar-refractivity contribution is 6.51. The number of carbonyl (C=O) groups excluding carboxylic acids is 2. The molecule has 0 spiro atoms. The summed E-state index contributed by atoms with van der Waals surface area (Å²) in [6.45, 7) is 3.58. The number of aliphatic hydroxyl groups is 1. The maximum Gasteiger partial charge on any atom is 0.300 e. The first-order chi connectivity index (χ1) is 15.2. The highest BCUT2D eigenvalue weighted by atomic mass is 19.1. The molecule has 1 atom stereocenters. The lowest BCUT2D eigenvalue weighted by atomic mass is 9.96. The molecule has 0 radical (unpaired) electrons. The molecule has 1 aliphatic rings. The van der Waals surface area contributed by atoms with Gasteiger partial charge in [-0.25, -0.2) is 8.78 Å². The molecule has 1 N–H and O–H groups in total. The normalized spacial score (nSPS) is 17.8. The number of nitrogens with zero attached hydrogens (tertiary/aromatic N) is 1. The van der Waals surface area contributed by atoms with E-state index in [9.17, 15) is 23.5 Å². The zero-order valence-corrected chi connectivity index (χ0v) is 17.5. The molecule has 164 valence electrons. The van der Waals surface area contributed by atoms with E-state index in [-0.39, 0.29) is 22.6 Å². The number of methoxy groups -OCH3 is 1. The summed E-state index contributed by atoms with van der Waals surface area (Å²) < 4.78 is 38.9. The van der Waals surface area contributed by atoms with Crippen LogP contribution in [0.25, 0.3) is 5.76 Å². The Morgan fingerprint density at radius 1 is 1.12 bits per heavy atom. The number of Topliss-reactive ketones (excluding diaryl/α,β-unsaturated/α-hetero) is 1. The minimum Gasteiger partial charge on any atom is -0.507 e. The summed E-state index contributed by atoms with van der Waals surface area (Å²) in [5.74, 6) is -4.03. The van der Waals surface area contributed by atoms with Crippen molar-refractivity contribution in [2.45, 2.75) is 19.9 Å². The van der Waals surface area contributed by atoms with E-state index in [0.29, 0.717) is 17.4 Å². The van der Waals surface area contributed by atoms with Crippen LogP contribution in [0.15, 0.2) is 58.7 Å². The number of benzene rings is 2. The number of ether oxygens (including phenoxy) is 1. The molecule has 3 aromatic rings. The first kappa shape index (κ1) is 21.3. The standard InChI is InChI=1S/C24H19F2NO5/c1-12-9-13(2)23(31-3)15(10-12)21(28)19-20(18-5-4-8-32-18)27(24(30)22(19)29)17-7-6-14(25)11-16(17)26/h4-11,20,28H,1-3H3/b21-19-. The van der Waals surface area contributed by atoms with Crippen LogP contribution in [0.1, 0.15) is 28.5 Å². The number of amides is 1. The molecule has 1 amide bonds. The predicted octanol–water partition coefficient (Wildman–Crippen LogP) is 4.81. The zero-order valence-electron chi connectivity index (χ0n) is 17.5. The number of anilines is 1. The van der Waals surface area contributed by atoms with Crippen LogP contribution < -0.4 is 9.64 Å². The molecule has 4 rings (SSSR count). The van der Waals surface area contributed by atoms with E-state index in [1.165, 1.54) is 25.5 Å². The van der Waals surface area contributed by atoms with Gasteiger partial charge in [0, 0.05) is 6.07 Å². The van der Waals surface area contributed by atoms with Crippen molar-refractivity contribution in [3.8, 4) is 5.75 Å². The minimum atomic E-state index is -1.27. The molecule has 1 aromatic heterocycles. The SMILES string of the molecule is COc1c(C)cc(C)cc1/C(O)=C1/C(=O)C(=O)N(c2ccc(F)cc2F)C1c1ccco1. The second-order valence-electron chi connectivity index (χ2n) is 7.44. The fourth-order valence-electron chi connectivity index (χ4n) is 4.02. The molecule has 1 saturated heterocycles. The molecule has 0 bridgehead atoms. The third-order valence-electron chi connectivity index (χ3n) is 5.30. The monoisotopic (exact) mass is 439 g/mol. The number of furan rings is 1. The van der Waals surface area contributed by atoms with Crippen LogP contribution in [0.3, 0.4) is 0 Å². The summed E-state index contributed by atoms with van der Waals surface area (Å²) >= 11 is 0. The van der Waals surface area contributed by atoms with Gasteiger partial charge >= 0.3 is 0 Å². The molecule has 32 heavy (non-hydrogen) atoms. The highest BCUT2D eigenvalue weighted by Crippen LogP contribution is 2.44. The third kappa shape index (κ3) is 3.33. The third-order valence-corrected chi connectivity index (χ3v) is 5.30. The molecule has 1 fully saturated rings. The van der Waals surface area contributed by atoms with Crippen LogP contribution in [-0.4, -0.2) is 23.9 Å². The molecule has 2 heterocycles. The number of hydrogen-bond donors (Lipinski definition) is 1. The predicted molar refractivity (Wildman–Crippen MR) is 112 cm³/mol. The van der Waals surface area contributed by atoms with Gasteiger partial charge in [0.2, 0.25) is 0 Å². The van der Waals surface area contributed by atoms with Gasteiger partial charge in [-0.2, -0.15) is 0 Å². The molecule has 2 aromatic carbocycles.